The lowest BCUT2D eigenvalue weighted by Crippen LogP contribution is -2.34. The Morgan fingerprint density at radius 3 is 0.978 bits per heavy atom. The van der Waals surface area contributed by atoms with Crippen LogP contribution in [0.1, 0.15) is 16.7 Å². The van der Waals surface area contributed by atoms with Crippen molar-refractivity contribution in [1.82, 2.24) is 0 Å². The lowest BCUT2D eigenvalue weighted by Gasteiger charge is -2.36. The van der Waals surface area contributed by atoms with E-state index in [1.54, 1.807) is 0 Å². The van der Waals surface area contributed by atoms with Gasteiger partial charge in [-0.1, -0.05) is 91.0 Å². The standard InChI is InChI=1S/C34H46O10S/c1-45(35,36)44-30-28-42-26-24-40-22-20-38-18-17-37-19-21-39-23-25-41-27-29-43-34(31-11-5-2-6-12-31,32-13-7-3-8-14-32)33-15-9-4-10-16-33/h2-16H,17-30H2,1H3. The molecule has 0 aliphatic heterocycles. The van der Waals surface area contributed by atoms with Crippen LogP contribution in [0.25, 0.3) is 0 Å². The van der Waals surface area contributed by atoms with Crippen molar-refractivity contribution in [2.45, 2.75) is 5.60 Å². The molecule has 3 aromatic carbocycles. The molecule has 0 heterocycles. The summed E-state index contributed by atoms with van der Waals surface area (Å²) in [4.78, 5) is 0. The molecule has 11 heteroatoms. The molecule has 0 aliphatic carbocycles. The summed E-state index contributed by atoms with van der Waals surface area (Å²) in [7, 11) is -3.43. The van der Waals surface area contributed by atoms with E-state index >= 15 is 0 Å². The van der Waals surface area contributed by atoms with Crippen molar-refractivity contribution in [3.63, 3.8) is 0 Å². The molecule has 0 saturated heterocycles. The lowest BCUT2D eigenvalue weighted by atomic mass is 9.80. The molecule has 3 rings (SSSR count). The van der Waals surface area contributed by atoms with Crippen LogP contribution in [0.5, 0.6) is 0 Å². The Morgan fingerprint density at radius 1 is 0.422 bits per heavy atom. The van der Waals surface area contributed by atoms with Crippen LogP contribution in [0.4, 0.5) is 0 Å². The molecule has 0 bridgehead atoms. The van der Waals surface area contributed by atoms with Gasteiger partial charge in [0.15, 0.2) is 0 Å². The Morgan fingerprint density at radius 2 is 0.689 bits per heavy atom. The van der Waals surface area contributed by atoms with E-state index in [4.69, 9.17) is 33.2 Å². The zero-order valence-corrected chi connectivity index (χ0v) is 26.9. The third-order valence-corrected chi connectivity index (χ3v) is 7.07. The van der Waals surface area contributed by atoms with Gasteiger partial charge in [-0.25, -0.2) is 0 Å². The fourth-order valence-corrected chi connectivity index (χ4v) is 4.84. The Hall–Kier alpha value is -2.71. The highest BCUT2D eigenvalue weighted by Crippen LogP contribution is 2.40. The summed E-state index contributed by atoms with van der Waals surface area (Å²) in [5.74, 6) is 0. The summed E-state index contributed by atoms with van der Waals surface area (Å²) in [5, 5.41) is 0. The molecule has 3 aromatic rings. The fourth-order valence-electron chi connectivity index (χ4n) is 4.47. The van der Waals surface area contributed by atoms with Crippen molar-refractivity contribution in [1.29, 1.82) is 0 Å². The van der Waals surface area contributed by atoms with Gasteiger partial charge in [0.25, 0.3) is 10.1 Å². The predicted molar refractivity (Wildman–Crippen MR) is 171 cm³/mol. The highest BCUT2D eigenvalue weighted by molar-refractivity contribution is 7.85. The lowest BCUT2D eigenvalue weighted by molar-refractivity contribution is -0.0395. The Labute approximate surface area is 267 Å². The van der Waals surface area contributed by atoms with E-state index in [2.05, 4.69) is 40.6 Å². The van der Waals surface area contributed by atoms with Crippen LogP contribution in [0.2, 0.25) is 0 Å². The van der Waals surface area contributed by atoms with Crippen LogP contribution >= 0.6 is 0 Å². The topological polar surface area (TPSA) is 108 Å². The molecule has 0 N–H and O–H groups in total. The summed E-state index contributed by atoms with van der Waals surface area (Å²) >= 11 is 0. The number of benzene rings is 3. The van der Waals surface area contributed by atoms with Crippen molar-refractivity contribution < 1.29 is 45.8 Å². The minimum Gasteiger partial charge on any atom is -0.377 e. The summed E-state index contributed by atoms with van der Waals surface area (Å²) in [6, 6.07) is 30.8. The van der Waals surface area contributed by atoms with E-state index in [-0.39, 0.29) is 13.2 Å². The molecule has 0 spiro atoms. The maximum Gasteiger partial charge on any atom is 0.264 e. The molecule has 248 valence electrons. The van der Waals surface area contributed by atoms with Crippen molar-refractivity contribution in [2.24, 2.45) is 0 Å². The Balaban J connectivity index is 1.21. The first kappa shape index (κ1) is 36.8. The van der Waals surface area contributed by atoms with Crippen LogP contribution in [-0.2, 0) is 53.1 Å². The molecule has 45 heavy (non-hydrogen) atoms. The van der Waals surface area contributed by atoms with Gasteiger partial charge in [0, 0.05) is 0 Å². The van der Waals surface area contributed by atoms with E-state index < -0.39 is 15.7 Å². The zero-order valence-electron chi connectivity index (χ0n) is 26.1. The van der Waals surface area contributed by atoms with Gasteiger partial charge in [0.2, 0.25) is 0 Å². The van der Waals surface area contributed by atoms with E-state index in [1.807, 2.05) is 54.6 Å². The molecule has 0 fully saturated rings. The molecule has 0 amide bonds. The molecular weight excluding hydrogens is 600 g/mol. The van der Waals surface area contributed by atoms with Gasteiger partial charge in [-0.15, -0.1) is 0 Å². The van der Waals surface area contributed by atoms with Crippen LogP contribution in [0.15, 0.2) is 91.0 Å². The Kier molecular flexibility index (Phi) is 17.9. The quantitative estimate of drug-likeness (QED) is 0.0720. The molecule has 10 nitrogen and oxygen atoms in total. The monoisotopic (exact) mass is 646 g/mol. The summed E-state index contributed by atoms with van der Waals surface area (Å²) < 4.78 is 65.9. The zero-order chi connectivity index (χ0) is 31.9. The number of rotatable bonds is 26. The SMILES string of the molecule is CS(=O)(=O)OCCOCCOCCOCCOCCOCCOCCOC(c1ccccc1)(c1ccccc1)c1ccccc1. The van der Waals surface area contributed by atoms with Crippen LogP contribution in [-0.4, -0.2) is 107 Å². The average molecular weight is 647 g/mol. The minimum atomic E-state index is -3.43. The number of hydrogen-bond donors (Lipinski definition) is 0. The van der Waals surface area contributed by atoms with Crippen LogP contribution in [0.3, 0.4) is 0 Å². The average Bonchev–Trinajstić information content (AvgIpc) is 3.06. The predicted octanol–water partition coefficient (Wildman–Crippen LogP) is 4.07. The highest BCUT2D eigenvalue weighted by atomic mass is 32.2. The van der Waals surface area contributed by atoms with Gasteiger partial charge in [0.1, 0.15) is 5.60 Å². The summed E-state index contributed by atoms with van der Waals surface area (Å²) in [5.41, 5.74) is 2.42. The molecule has 0 aromatic heterocycles. The molecule has 0 unspecified atom stereocenters. The van der Waals surface area contributed by atoms with Gasteiger partial charge in [-0.3, -0.25) is 4.18 Å². The molecular formula is C34H46O10S. The van der Waals surface area contributed by atoms with Crippen molar-refractivity contribution >= 4 is 10.1 Å². The largest absolute Gasteiger partial charge is 0.377 e. The third-order valence-electron chi connectivity index (χ3n) is 6.47. The normalized spacial score (nSPS) is 12.0. The summed E-state index contributed by atoms with van der Waals surface area (Å²) in [6.07, 6.45) is 1.00. The molecule has 0 aliphatic rings. The van der Waals surface area contributed by atoms with E-state index in [9.17, 15) is 8.42 Å². The van der Waals surface area contributed by atoms with Gasteiger partial charge in [-0.05, 0) is 16.7 Å². The smallest absolute Gasteiger partial charge is 0.264 e. The second kappa shape index (κ2) is 21.9. The first-order chi connectivity index (χ1) is 22.0. The van der Waals surface area contributed by atoms with Gasteiger partial charge in [-0.2, -0.15) is 8.42 Å². The van der Waals surface area contributed by atoms with Gasteiger partial charge < -0.3 is 33.2 Å². The van der Waals surface area contributed by atoms with E-state index in [1.165, 1.54) is 0 Å². The first-order valence-electron chi connectivity index (χ1n) is 15.1. The van der Waals surface area contributed by atoms with Crippen LogP contribution < -0.4 is 0 Å². The van der Waals surface area contributed by atoms with Crippen LogP contribution in [0, 0.1) is 0 Å². The summed E-state index contributed by atoms with van der Waals surface area (Å²) in [6.45, 7) is 5.44. The first-order valence-corrected chi connectivity index (χ1v) is 17.0. The van der Waals surface area contributed by atoms with Gasteiger partial charge >= 0.3 is 0 Å². The van der Waals surface area contributed by atoms with E-state index in [0.717, 1.165) is 22.9 Å². The fraction of sp³-hybridized carbons (Fsp3) is 0.471. The van der Waals surface area contributed by atoms with Gasteiger partial charge in [0.05, 0.1) is 98.8 Å². The molecule has 0 radical (unpaired) electrons. The van der Waals surface area contributed by atoms with Crippen molar-refractivity contribution in [3.8, 4) is 0 Å². The molecule has 0 saturated carbocycles. The maximum atomic E-state index is 10.8. The second-order valence-electron chi connectivity index (χ2n) is 9.83. The highest BCUT2D eigenvalue weighted by Gasteiger charge is 2.37. The molecule has 0 atom stereocenters. The number of ether oxygens (including phenoxy) is 7. The van der Waals surface area contributed by atoms with Crippen molar-refractivity contribution in [2.75, 3.05) is 98.8 Å². The number of hydrogen-bond acceptors (Lipinski definition) is 10. The minimum absolute atomic E-state index is 0.00255. The Bertz CT molecular complexity index is 1150. The van der Waals surface area contributed by atoms with E-state index in [0.29, 0.717) is 79.3 Å². The maximum absolute atomic E-state index is 10.8. The van der Waals surface area contributed by atoms with Crippen molar-refractivity contribution in [3.05, 3.63) is 108 Å². The third kappa shape index (κ3) is 14.5. The second-order valence-corrected chi connectivity index (χ2v) is 11.5.